The van der Waals surface area contributed by atoms with Gasteiger partial charge in [-0.3, -0.25) is 4.98 Å². The van der Waals surface area contributed by atoms with Crippen LogP contribution >= 0.6 is 11.8 Å². The SMILES string of the molecule is CSCc1cc(N2CCOC[C@@H]2C)nc(-c2ccc(NC(=O)NCc3cccnc3)cc2)n1. The van der Waals surface area contributed by atoms with Crippen LogP contribution in [0.4, 0.5) is 16.3 Å². The van der Waals surface area contributed by atoms with Crippen LogP contribution in [-0.4, -0.2) is 53.0 Å². The van der Waals surface area contributed by atoms with Crippen LogP contribution in [0.3, 0.4) is 0 Å². The smallest absolute Gasteiger partial charge is 0.319 e. The third kappa shape index (κ3) is 6.21. The van der Waals surface area contributed by atoms with E-state index in [0.717, 1.165) is 34.9 Å². The Hall–Kier alpha value is -3.17. The van der Waals surface area contributed by atoms with Crippen molar-refractivity contribution < 1.29 is 9.53 Å². The van der Waals surface area contributed by atoms with Crippen LogP contribution in [-0.2, 0) is 17.0 Å². The minimum absolute atomic E-state index is 0.264. The van der Waals surface area contributed by atoms with Gasteiger partial charge in [0.1, 0.15) is 5.82 Å². The molecule has 1 fully saturated rings. The Morgan fingerprint density at radius 2 is 2.09 bits per heavy atom. The first-order valence-electron chi connectivity index (χ1n) is 10.9. The fourth-order valence-corrected chi connectivity index (χ4v) is 4.06. The van der Waals surface area contributed by atoms with E-state index in [1.165, 1.54) is 0 Å². The lowest BCUT2D eigenvalue weighted by Crippen LogP contribution is -2.44. The first-order valence-corrected chi connectivity index (χ1v) is 12.3. The summed E-state index contributed by atoms with van der Waals surface area (Å²) in [6.45, 7) is 4.77. The lowest BCUT2D eigenvalue weighted by Gasteiger charge is -2.34. The van der Waals surface area contributed by atoms with Crippen molar-refractivity contribution in [1.82, 2.24) is 20.3 Å². The second kappa shape index (κ2) is 11.1. The van der Waals surface area contributed by atoms with Gasteiger partial charge in [-0.25, -0.2) is 14.8 Å². The molecule has 3 aromatic rings. The van der Waals surface area contributed by atoms with Crippen molar-refractivity contribution in [2.75, 3.05) is 36.2 Å². The third-order valence-corrected chi connectivity index (χ3v) is 5.88. The number of amides is 2. The molecular weight excluding hydrogens is 436 g/mol. The van der Waals surface area contributed by atoms with Crippen LogP contribution < -0.4 is 15.5 Å². The van der Waals surface area contributed by atoms with E-state index in [9.17, 15) is 4.79 Å². The number of pyridine rings is 1. The molecule has 0 radical (unpaired) electrons. The summed E-state index contributed by atoms with van der Waals surface area (Å²) in [6.07, 6.45) is 5.50. The Labute approximate surface area is 198 Å². The number of hydrogen-bond acceptors (Lipinski definition) is 7. The molecule has 2 aromatic heterocycles. The summed E-state index contributed by atoms with van der Waals surface area (Å²) in [5, 5.41) is 5.69. The molecule has 1 atom stereocenters. The molecule has 33 heavy (non-hydrogen) atoms. The molecule has 1 aliphatic rings. The molecule has 1 aliphatic heterocycles. The average Bonchev–Trinajstić information content (AvgIpc) is 2.84. The zero-order valence-electron chi connectivity index (χ0n) is 18.8. The molecule has 1 saturated heterocycles. The monoisotopic (exact) mass is 464 g/mol. The number of carbonyl (C=O) groups excluding carboxylic acids is 1. The maximum absolute atomic E-state index is 12.2. The van der Waals surface area contributed by atoms with Crippen molar-refractivity contribution in [3.05, 3.63) is 66.1 Å². The largest absolute Gasteiger partial charge is 0.377 e. The molecule has 0 saturated carbocycles. The minimum atomic E-state index is -0.270. The second-order valence-electron chi connectivity index (χ2n) is 7.84. The van der Waals surface area contributed by atoms with Gasteiger partial charge in [0.05, 0.1) is 24.9 Å². The topological polar surface area (TPSA) is 92.3 Å². The van der Waals surface area contributed by atoms with E-state index >= 15 is 0 Å². The Balaban J connectivity index is 1.46. The second-order valence-corrected chi connectivity index (χ2v) is 8.70. The predicted octanol–water partition coefficient (Wildman–Crippen LogP) is 3.95. The number of carbonyl (C=O) groups is 1. The first kappa shape index (κ1) is 23.0. The van der Waals surface area contributed by atoms with Gasteiger partial charge in [-0.15, -0.1) is 0 Å². The number of urea groups is 1. The van der Waals surface area contributed by atoms with Crippen LogP contribution in [0.25, 0.3) is 11.4 Å². The molecule has 9 heteroatoms. The number of thioether (sulfide) groups is 1. The summed E-state index contributed by atoms with van der Waals surface area (Å²) < 4.78 is 5.58. The lowest BCUT2D eigenvalue weighted by atomic mass is 10.2. The van der Waals surface area contributed by atoms with Crippen molar-refractivity contribution in [3.63, 3.8) is 0 Å². The summed E-state index contributed by atoms with van der Waals surface area (Å²) in [7, 11) is 0. The van der Waals surface area contributed by atoms with Crippen molar-refractivity contribution in [1.29, 1.82) is 0 Å². The molecule has 0 bridgehead atoms. The average molecular weight is 465 g/mol. The van der Waals surface area contributed by atoms with Crippen molar-refractivity contribution in [2.45, 2.75) is 25.3 Å². The molecule has 3 heterocycles. The van der Waals surface area contributed by atoms with Gasteiger partial charge in [-0.2, -0.15) is 11.8 Å². The summed E-state index contributed by atoms with van der Waals surface area (Å²) in [6, 6.07) is 13.4. The van der Waals surface area contributed by atoms with E-state index in [1.807, 2.05) is 36.4 Å². The van der Waals surface area contributed by atoms with Crippen LogP contribution in [0.5, 0.6) is 0 Å². The summed E-state index contributed by atoms with van der Waals surface area (Å²) >= 11 is 1.74. The molecular formula is C24H28N6O2S. The first-order chi connectivity index (χ1) is 16.1. The maximum Gasteiger partial charge on any atom is 0.319 e. The molecule has 2 N–H and O–H groups in total. The van der Waals surface area contributed by atoms with E-state index < -0.39 is 0 Å². The lowest BCUT2D eigenvalue weighted by molar-refractivity contribution is 0.0985. The maximum atomic E-state index is 12.2. The van der Waals surface area contributed by atoms with Gasteiger partial charge >= 0.3 is 6.03 Å². The number of morpholine rings is 1. The molecule has 8 nitrogen and oxygen atoms in total. The Morgan fingerprint density at radius 3 is 2.82 bits per heavy atom. The van der Waals surface area contributed by atoms with Crippen LogP contribution in [0, 0.1) is 0 Å². The molecule has 0 aliphatic carbocycles. The van der Waals surface area contributed by atoms with Crippen molar-refractivity contribution >= 4 is 29.3 Å². The Bertz CT molecular complexity index is 1060. The summed E-state index contributed by atoms with van der Waals surface area (Å²) in [4.78, 5) is 28.2. The molecule has 2 amide bonds. The minimum Gasteiger partial charge on any atom is -0.377 e. The number of ether oxygens (including phenoxy) is 1. The number of nitrogens with zero attached hydrogens (tertiary/aromatic N) is 4. The molecule has 4 rings (SSSR count). The fraction of sp³-hybridized carbons (Fsp3) is 0.333. The van der Waals surface area contributed by atoms with E-state index in [2.05, 4.69) is 39.8 Å². The highest BCUT2D eigenvalue weighted by molar-refractivity contribution is 7.97. The van der Waals surface area contributed by atoms with Gasteiger partial charge in [0, 0.05) is 48.6 Å². The van der Waals surface area contributed by atoms with E-state index in [1.54, 1.807) is 24.2 Å². The summed E-state index contributed by atoms with van der Waals surface area (Å²) in [5.74, 6) is 2.43. The third-order valence-electron chi connectivity index (χ3n) is 5.30. The zero-order valence-corrected chi connectivity index (χ0v) is 19.6. The quantitative estimate of drug-likeness (QED) is 0.547. The standard InChI is InChI=1S/C24H28N6O2S/c1-17-15-32-11-10-30(17)22-12-21(16-33-2)27-23(29-22)19-5-7-20(8-6-19)28-24(31)26-14-18-4-3-9-25-13-18/h3-9,12-13,17H,10-11,14-16H2,1-2H3,(H2,26,28,31)/t17-/m0/s1. The Kier molecular flexibility index (Phi) is 7.74. The summed E-state index contributed by atoms with van der Waals surface area (Å²) in [5.41, 5.74) is 3.54. The zero-order chi connectivity index (χ0) is 23.0. The van der Waals surface area contributed by atoms with Crippen LogP contribution in [0.15, 0.2) is 54.9 Å². The number of hydrogen-bond donors (Lipinski definition) is 2. The van der Waals surface area contributed by atoms with E-state index in [4.69, 9.17) is 14.7 Å². The number of benzene rings is 1. The predicted molar refractivity (Wildman–Crippen MR) is 132 cm³/mol. The van der Waals surface area contributed by atoms with Crippen LogP contribution in [0.2, 0.25) is 0 Å². The van der Waals surface area contributed by atoms with Gasteiger partial charge < -0.3 is 20.3 Å². The highest BCUT2D eigenvalue weighted by Gasteiger charge is 2.21. The van der Waals surface area contributed by atoms with Gasteiger partial charge in [0.15, 0.2) is 5.82 Å². The Morgan fingerprint density at radius 1 is 1.24 bits per heavy atom. The van der Waals surface area contributed by atoms with Crippen LogP contribution in [0.1, 0.15) is 18.2 Å². The highest BCUT2D eigenvalue weighted by atomic mass is 32.2. The van der Waals surface area contributed by atoms with Gasteiger partial charge in [0.25, 0.3) is 0 Å². The van der Waals surface area contributed by atoms with Gasteiger partial charge in [-0.05, 0) is 49.1 Å². The number of nitrogens with one attached hydrogen (secondary N) is 2. The highest BCUT2D eigenvalue weighted by Crippen LogP contribution is 2.25. The van der Waals surface area contributed by atoms with Crippen molar-refractivity contribution in [2.24, 2.45) is 0 Å². The van der Waals surface area contributed by atoms with Gasteiger partial charge in [-0.1, -0.05) is 6.07 Å². The fourth-order valence-electron chi connectivity index (χ4n) is 3.61. The molecule has 172 valence electrons. The van der Waals surface area contributed by atoms with E-state index in [0.29, 0.717) is 31.3 Å². The number of aromatic nitrogens is 3. The molecule has 0 spiro atoms. The number of anilines is 2. The molecule has 0 unspecified atom stereocenters. The molecule has 1 aromatic carbocycles. The van der Waals surface area contributed by atoms with Gasteiger partial charge in [0.2, 0.25) is 0 Å². The normalized spacial score (nSPS) is 15.8. The van der Waals surface area contributed by atoms with Crippen molar-refractivity contribution in [3.8, 4) is 11.4 Å². The van der Waals surface area contributed by atoms with E-state index in [-0.39, 0.29) is 12.1 Å². The number of rotatable bonds is 7.